The second kappa shape index (κ2) is 5.48. The lowest BCUT2D eigenvalue weighted by molar-refractivity contribution is -0.117. The lowest BCUT2D eigenvalue weighted by Gasteiger charge is -2.11. The second-order valence-electron chi connectivity index (χ2n) is 3.25. The predicted molar refractivity (Wildman–Crippen MR) is 63.6 cm³/mol. The number of rotatable bonds is 3. The Morgan fingerprint density at radius 2 is 1.88 bits per heavy atom. The molecule has 0 aliphatic heterocycles. The molecule has 3 nitrogen and oxygen atoms in total. The molecule has 6 heteroatoms. The Balaban J connectivity index is 2.87. The van der Waals surface area contributed by atoms with Crippen molar-refractivity contribution in [2.24, 2.45) is 0 Å². The number of benzene rings is 1. The molecule has 0 radical (unpaired) electrons. The normalized spacial score (nSPS) is 12.3. The summed E-state index contributed by atoms with van der Waals surface area (Å²) in [6, 6.07) is 2.26. The van der Waals surface area contributed by atoms with Gasteiger partial charge in [-0.05, 0) is 26.1 Å². The average molecular weight is 265 g/mol. The van der Waals surface area contributed by atoms with Gasteiger partial charge in [-0.2, -0.15) is 0 Å². The first kappa shape index (κ1) is 13.2. The van der Waals surface area contributed by atoms with Crippen LogP contribution in [-0.4, -0.2) is 19.0 Å². The van der Waals surface area contributed by atoms with Crippen LogP contribution in [0.5, 0.6) is 0 Å². The van der Waals surface area contributed by atoms with E-state index in [2.05, 4.69) is 10.6 Å². The fourth-order valence-corrected chi connectivity index (χ4v) is 1.50. The van der Waals surface area contributed by atoms with Crippen LogP contribution < -0.4 is 10.6 Å². The number of nitrogens with one attached hydrogen (secondary N) is 2. The molecule has 1 rings (SSSR count). The summed E-state index contributed by atoms with van der Waals surface area (Å²) in [5.41, 5.74) is 0.364. The van der Waals surface area contributed by atoms with Crippen LogP contribution in [0.2, 0.25) is 10.0 Å². The largest absolute Gasteiger partial charge is 0.325 e. The summed E-state index contributed by atoms with van der Waals surface area (Å²) >= 11 is 11.2. The van der Waals surface area contributed by atoms with Crippen molar-refractivity contribution in [1.29, 1.82) is 0 Å². The van der Waals surface area contributed by atoms with Crippen molar-refractivity contribution in [3.05, 3.63) is 28.0 Å². The minimum Gasteiger partial charge on any atom is -0.325 e. The Labute approximate surface area is 103 Å². The summed E-state index contributed by atoms with van der Waals surface area (Å²) in [7, 11) is 1.66. The Morgan fingerprint density at radius 1 is 1.38 bits per heavy atom. The number of carbonyl (C=O) groups excluding carboxylic acids is 1. The van der Waals surface area contributed by atoms with Crippen molar-refractivity contribution < 1.29 is 9.18 Å². The van der Waals surface area contributed by atoms with Crippen molar-refractivity contribution >= 4 is 34.8 Å². The van der Waals surface area contributed by atoms with Crippen LogP contribution in [0, 0.1) is 5.82 Å². The highest BCUT2D eigenvalue weighted by atomic mass is 35.5. The molecule has 88 valence electrons. The first-order chi connectivity index (χ1) is 7.45. The number of anilines is 1. The third kappa shape index (κ3) is 3.07. The zero-order valence-electron chi connectivity index (χ0n) is 8.77. The van der Waals surface area contributed by atoms with Crippen molar-refractivity contribution in [2.75, 3.05) is 12.4 Å². The van der Waals surface area contributed by atoms with Crippen LogP contribution in [0.4, 0.5) is 10.1 Å². The highest BCUT2D eigenvalue weighted by Crippen LogP contribution is 2.27. The highest BCUT2D eigenvalue weighted by Gasteiger charge is 2.13. The molecule has 1 aromatic carbocycles. The van der Waals surface area contributed by atoms with Gasteiger partial charge in [0.2, 0.25) is 5.91 Å². The molecule has 0 heterocycles. The summed E-state index contributed by atoms with van der Waals surface area (Å²) in [5, 5.41) is 5.09. The molecule has 1 aromatic rings. The number of amides is 1. The van der Waals surface area contributed by atoms with Gasteiger partial charge in [0, 0.05) is 5.69 Å². The SMILES string of the molecule is CNC(C)C(=O)Nc1cc(Cl)c(F)c(Cl)c1. The molecule has 1 unspecified atom stereocenters. The van der Waals surface area contributed by atoms with Gasteiger partial charge in [0.15, 0.2) is 5.82 Å². The summed E-state index contributed by atoms with van der Waals surface area (Å²) in [6.07, 6.45) is 0. The lowest BCUT2D eigenvalue weighted by Crippen LogP contribution is -2.35. The zero-order valence-corrected chi connectivity index (χ0v) is 10.3. The van der Waals surface area contributed by atoms with E-state index in [1.165, 1.54) is 12.1 Å². The van der Waals surface area contributed by atoms with Crippen molar-refractivity contribution in [1.82, 2.24) is 5.32 Å². The maximum absolute atomic E-state index is 13.1. The molecule has 0 saturated heterocycles. The van der Waals surface area contributed by atoms with E-state index in [1.807, 2.05) is 0 Å². The van der Waals surface area contributed by atoms with Crippen LogP contribution >= 0.6 is 23.2 Å². The van der Waals surface area contributed by atoms with Crippen LogP contribution in [0.1, 0.15) is 6.92 Å². The molecule has 1 amide bonds. The number of likely N-dealkylation sites (N-methyl/N-ethyl adjacent to an activating group) is 1. The third-order valence-electron chi connectivity index (χ3n) is 2.08. The van der Waals surface area contributed by atoms with Crippen LogP contribution in [0.3, 0.4) is 0 Å². The Bertz CT molecular complexity index is 389. The third-order valence-corrected chi connectivity index (χ3v) is 2.63. The lowest BCUT2D eigenvalue weighted by atomic mass is 10.2. The molecule has 0 spiro atoms. The molecule has 0 bridgehead atoms. The van der Waals surface area contributed by atoms with Crippen LogP contribution in [-0.2, 0) is 4.79 Å². The van der Waals surface area contributed by atoms with Gasteiger partial charge in [-0.3, -0.25) is 4.79 Å². The van der Waals surface area contributed by atoms with Gasteiger partial charge in [0.1, 0.15) is 0 Å². The topological polar surface area (TPSA) is 41.1 Å². The summed E-state index contributed by atoms with van der Waals surface area (Å²) in [6.45, 7) is 1.70. The van der Waals surface area contributed by atoms with Gasteiger partial charge < -0.3 is 10.6 Å². The minimum absolute atomic E-state index is 0.125. The van der Waals surface area contributed by atoms with E-state index in [4.69, 9.17) is 23.2 Å². The zero-order chi connectivity index (χ0) is 12.3. The van der Waals surface area contributed by atoms with Crippen molar-refractivity contribution in [2.45, 2.75) is 13.0 Å². The van der Waals surface area contributed by atoms with Crippen LogP contribution in [0.25, 0.3) is 0 Å². The van der Waals surface area contributed by atoms with Crippen molar-refractivity contribution in [3.8, 4) is 0 Å². The van der Waals surface area contributed by atoms with Crippen LogP contribution in [0.15, 0.2) is 12.1 Å². The molecule has 0 saturated carbocycles. The number of hydrogen-bond acceptors (Lipinski definition) is 2. The van der Waals surface area contributed by atoms with E-state index in [1.54, 1.807) is 14.0 Å². The van der Waals surface area contributed by atoms with E-state index < -0.39 is 5.82 Å². The van der Waals surface area contributed by atoms with E-state index in [-0.39, 0.29) is 22.0 Å². The van der Waals surface area contributed by atoms with Gasteiger partial charge in [-0.25, -0.2) is 4.39 Å². The van der Waals surface area contributed by atoms with Gasteiger partial charge in [0.25, 0.3) is 0 Å². The second-order valence-corrected chi connectivity index (χ2v) is 4.07. The standard InChI is InChI=1S/C10H11Cl2FN2O/c1-5(14-2)10(16)15-6-3-7(11)9(13)8(12)4-6/h3-5,14H,1-2H3,(H,15,16). The Morgan fingerprint density at radius 3 is 2.31 bits per heavy atom. The highest BCUT2D eigenvalue weighted by molar-refractivity contribution is 6.35. The summed E-state index contributed by atoms with van der Waals surface area (Å²) < 4.78 is 13.1. The van der Waals surface area contributed by atoms with Gasteiger partial charge >= 0.3 is 0 Å². The molecular weight excluding hydrogens is 254 g/mol. The summed E-state index contributed by atoms with van der Waals surface area (Å²) in [5.74, 6) is -0.941. The minimum atomic E-state index is -0.692. The number of carbonyl (C=O) groups is 1. The van der Waals surface area contributed by atoms with E-state index in [9.17, 15) is 9.18 Å². The molecule has 2 N–H and O–H groups in total. The maximum atomic E-state index is 13.1. The predicted octanol–water partition coefficient (Wildman–Crippen LogP) is 2.68. The molecular formula is C10H11Cl2FN2O. The number of hydrogen-bond donors (Lipinski definition) is 2. The van der Waals surface area contributed by atoms with E-state index in [0.29, 0.717) is 5.69 Å². The first-order valence-corrected chi connectivity index (χ1v) is 5.34. The molecule has 0 aliphatic rings. The van der Waals surface area contributed by atoms with Crippen molar-refractivity contribution in [3.63, 3.8) is 0 Å². The average Bonchev–Trinajstić information content (AvgIpc) is 2.24. The quantitative estimate of drug-likeness (QED) is 0.825. The molecule has 0 fully saturated rings. The molecule has 16 heavy (non-hydrogen) atoms. The van der Waals surface area contributed by atoms with Gasteiger partial charge in [-0.1, -0.05) is 23.2 Å². The maximum Gasteiger partial charge on any atom is 0.241 e. The first-order valence-electron chi connectivity index (χ1n) is 4.58. The fourth-order valence-electron chi connectivity index (χ4n) is 1.01. The fraction of sp³-hybridized carbons (Fsp3) is 0.300. The van der Waals surface area contributed by atoms with E-state index >= 15 is 0 Å². The Hall–Kier alpha value is -0.840. The monoisotopic (exact) mass is 264 g/mol. The molecule has 1 atom stereocenters. The van der Waals surface area contributed by atoms with E-state index in [0.717, 1.165) is 0 Å². The smallest absolute Gasteiger partial charge is 0.241 e. The molecule has 0 aliphatic carbocycles. The Kier molecular flexibility index (Phi) is 4.53. The van der Waals surface area contributed by atoms with Gasteiger partial charge in [0.05, 0.1) is 16.1 Å². The summed E-state index contributed by atoms with van der Waals surface area (Å²) in [4.78, 5) is 11.5. The number of halogens is 3. The van der Waals surface area contributed by atoms with Gasteiger partial charge in [-0.15, -0.1) is 0 Å². The molecule has 0 aromatic heterocycles.